The van der Waals surface area contributed by atoms with Gasteiger partial charge in [0.25, 0.3) is 0 Å². The molecule has 0 fully saturated rings. The number of rotatable bonds is 5. The Morgan fingerprint density at radius 1 is 1.00 bits per heavy atom. The Morgan fingerprint density at radius 2 is 1.68 bits per heavy atom. The molecule has 0 bridgehead atoms. The summed E-state index contributed by atoms with van der Waals surface area (Å²) < 4.78 is 0. The van der Waals surface area contributed by atoms with Crippen molar-refractivity contribution in [2.24, 2.45) is 0 Å². The summed E-state index contributed by atoms with van der Waals surface area (Å²) in [5.74, 6) is 0.710. The molecule has 0 saturated heterocycles. The van der Waals surface area contributed by atoms with Gasteiger partial charge in [-0.2, -0.15) is 4.98 Å². The molecule has 0 saturated carbocycles. The van der Waals surface area contributed by atoms with Gasteiger partial charge in [0.2, 0.25) is 5.95 Å². The zero-order chi connectivity index (χ0) is 13.7. The second kappa shape index (κ2) is 6.38. The Balaban J connectivity index is 1.79. The normalized spacial score (nSPS) is 10.6. The first-order valence-electron chi connectivity index (χ1n) is 6.26. The van der Waals surface area contributed by atoms with Crippen molar-refractivity contribution in [2.75, 3.05) is 11.5 Å². The molecule has 100 valence electrons. The number of nitrogens with two attached hydrogens (primary N) is 2. The van der Waals surface area contributed by atoms with Crippen LogP contribution < -0.4 is 11.5 Å². The van der Waals surface area contributed by atoms with E-state index < -0.39 is 0 Å². The van der Waals surface area contributed by atoms with Crippen LogP contribution in [0.1, 0.15) is 24.0 Å². The average molecular weight is 277 g/mol. The predicted molar refractivity (Wildman–Crippen MR) is 79.0 cm³/mol. The van der Waals surface area contributed by atoms with Gasteiger partial charge in [-0.3, -0.25) is 0 Å². The summed E-state index contributed by atoms with van der Waals surface area (Å²) >= 11 is 5.85. The highest BCUT2D eigenvalue weighted by molar-refractivity contribution is 6.30. The van der Waals surface area contributed by atoms with Gasteiger partial charge in [0.1, 0.15) is 5.82 Å². The number of anilines is 2. The Kier molecular flexibility index (Phi) is 4.58. The SMILES string of the molecule is Nc1ncc(CCCCc2ccc(Cl)cc2)c(N)n1. The fraction of sp³-hybridized carbons (Fsp3) is 0.286. The molecule has 0 aliphatic heterocycles. The first-order chi connectivity index (χ1) is 9.15. The molecule has 2 aromatic rings. The highest BCUT2D eigenvalue weighted by Crippen LogP contribution is 2.15. The summed E-state index contributed by atoms with van der Waals surface area (Å²) in [6.07, 6.45) is 5.75. The fourth-order valence-electron chi connectivity index (χ4n) is 1.92. The van der Waals surface area contributed by atoms with Crippen molar-refractivity contribution in [2.45, 2.75) is 25.7 Å². The van der Waals surface area contributed by atoms with Crippen LogP contribution in [0.15, 0.2) is 30.5 Å². The zero-order valence-corrected chi connectivity index (χ0v) is 11.4. The standard InChI is InChI=1S/C14H17ClN4/c15-12-7-5-10(6-8-12)3-1-2-4-11-9-18-14(17)19-13(11)16/h5-9H,1-4H2,(H4,16,17,18,19). The maximum absolute atomic E-state index is 5.85. The molecular formula is C14H17ClN4. The number of nitrogen functional groups attached to an aromatic ring is 2. The van der Waals surface area contributed by atoms with E-state index in [4.69, 9.17) is 23.1 Å². The minimum atomic E-state index is 0.224. The lowest BCUT2D eigenvalue weighted by Gasteiger charge is -2.05. The monoisotopic (exact) mass is 276 g/mol. The summed E-state index contributed by atoms with van der Waals surface area (Å²) in [5.41, 5.74) is 13.5. The molecule has 5 heteroatoms. The van der Waals surface area contributed by atoms with Crippen LogP contribution in [-0.2, 0) is 12.8 Å². The third kappa shape index (κ3) is 4.10. The van der Waals surface area contributed by atoms with Crippen LogP contribution >= 0.6 is 11.6 Å². The van der Waals surface area contributed by atoms with Crippen LogP contribution in [0, 0.1) is 0 Å². The fourth-order valence-corrected chi connectivity index (χ4v) is 2.05. The van der Waals surface area contributed by atoms with Crippen molar-refractivity contribution in [1.29, 1.82) is 0 Å². The van der Waals surface area contributed by atoms with Crippen molar-refractivity contribution in [3.63, 3.8) is 0 Å². The van der Waals surface area contributed by atoms with Gasteiger partial charge in [-0.25, -0.2) is 4.98 Å². The van der Waals surface area contributed by atoms with E-state index in [1.165, 1.54) is 5.56 Å². The smallest absolute Gasteiger partial charge is 0.221 e. The van der Waals surface area contributed by atoms with Gasteiger partial charge in [0, 0.05) is 16.8 Å². The van der Waals surface area contributed by atoms with Crippen molar-refractivity contribution in [3.8, 4) is 0 Å². The zero-order valence-electron chi connectivity index (χ0n) is 10.6. The van der Waals surface area contributed by atoms with Crippen molar-refractivity contribution in [1.82, 2.24) is 9.97 Å². The minimum Gasteiger partial charge on any atom is -0.383 e. The number of halogens is 1. The van der Waals surface area contributed by atoms with Gasteiger partial charge in [0.15, 0.2) is 0 Å². The third-order valence-corrected chi connectivity index (χ3v) is 3.24. The van der Waals surface area contributed by atoms with Gasteiger partial charge in [-0.1, -0.05) is 23.7 Å². The molecule has 0 aliphatic carbocycles. The number of hydrogen-bond acceptors (Lipinski definition) is 4. The lowest BCUT2D eigenvalue weighted by molar-refractivity contribution is 0.732. The molecule has 1 heterocycles. The average Bonchev–Trinajstić information content (AvgIpc) is 2.39. The second-order valence-electron chi connectivity index (χ2n) is 4.47. The maximum Gasteiger partial charge on any atom is 0.221 e. The lowest BCUT2D eigenvalue weighted by atomic mass is 10.0. The highest BCUT2D eigenvalue weighted by atomic mass is 35.5. The van der Waals surface area contributed by atoms with E-state index in [0.717, 1.165) is 36.3 Å². The minimum absolute atomic E-state index is 0.224. The molecule has 4 N–H and O–H groups in total. The topological polar surface area (TPSA) is 77.8 Å². The van der Waals surface area contributed by atoms with Gasteiger partial charge in [-0.15, -0.1) is 0 Å². The maximum atomic E-state index is 5.85. The lowest BCUT2D eigenvalue weighted by Crippen LogP contribution is -2.03. The summed E-state index contributed by atoms with van der Waals surface area (Å²) in [6, 6.07) is 7.96. The molecule has 0 aliphatic rings. The molecule has 2 rings (SSSR count). The largest absolute Gasteiger partial charge is 0.383 e. The van der Waals surface area contributed by atoms with Gasteiger partial charge < -0.3 is 11.5 Å². The van der Waals surface area contributed by atoms with E-state index in [-0.39, 0.29) is 5.95 Å². The van der Waals surface area contributed by atoms with Gasteiger partial charge >= 0.3 is 0 Å². The number of nitrogens with zero attached hydrogens (tertiary/aromatic N) is 2. The first-order valence-corrected chi connectivity index (χ1v) is 6.64. The molecule has 0 radical (unpaired) electrons. The van der Waals surface area contributed by atoms with Crippen LogP contribution in [0.25, 0.3) is 0 Å². The van der Waals surface area contributed by atoms with Crippen LogP contribution in [0.5, 0.6) is 0 Å². The number of aryl methyl sites for hydroxylation is 2. The van der Waals surface area contributed by atoms with Crippen LogP contribution in [0.3, 0.4) is 0 Å². The van der Waals surface area contributed by atoms with Gasteiger partial charge in [-0.05, 0) is 43.4 Å². The summed E-state index contributed by atoms with van der Waals surface area (Å²) in [7, 11) is 0. The molecular weight excluding hydrogens is 260 g/mol. The van der Waals surface area contributed by atoms with Crippen LogP contribution in [0.2, 0.25) is 5.02 Å². The van der Waals surface area contributed by atoms with E-state index >= 15 is 0 Å². The summed E-state index contributed by atoms with van der Waals surface area (Å²) in [6.45, 7) is 0. The molecule has 19 heavy (non-hydrogen) atoms. The second-order valence-corrected chi connectivity index (χ2v) is 4.91. The Morgan fingerprint density at radius 3 is 2.37 bits per heavy atom. The molecule has 1 aromatic heterocycles. The number of unbranched alkanes of at least 4 members (excludes halogenated alkanes) is 1. The molecule has 0 amide bonds. The number of aromatic nitrogens is 2. The molecule has 0 atom stereocenters. The van der Waals surface area contributed by atoms with E-state index in [9.17, 15) is 0 Å². The van der Waals surface area contributed by atoms with E-state index in [0.29, 0.717) is 5.82 Å². The van der Waals surface area contributed by atoms with Gasteiger partial charge in [0.05, 0.1) is 0 Å². The van der Waals surface area contributed by atoms with Crippen LogP contribution in [-0.4, -0.2) is 9.97 Å². The number of benzene rings is 1. The van der Waals surface area contributed by atoms with Crippen molar-refractivity contribution in [3.05, 3.63) is 46.6 Å². The third-order valence-electron chi connectivity index (χ3n) is 2.99. The van der Waals surface area contributed by atoms with E-state index in [2.05, 4.69) is 22.1 Å². The van der Waals surface area contributed by atoms with E-state index in [1.54, 1.807) is 6.20 Å². The molecule has 0 unspecified atom stereocenters. The molecule has 0 spiro atoms. The highest BCUT2D eigenvalue weighted by Gasteiger charge is 2.02. The quantitative estimate of drug-likeness (QED) is 0.823. The molecule has 4 nitrogen and oxygen atoms in total. The Hall–Kier alpha value is -1.81. The predicted octanol–water partition coefficient (Wildman–Crippen LogP) is 2.86. The Labute approximate surface area is 117 Å². The van der Waals surface area contributed by atoms with Crippen LogP contribution in [0.4, 0.5) is 11.8 Å². The summed E-state index contributed by atoms with van der Waals surface area (Å²) in [4.78, 5) is 7.91. The molecule has 1 aromatic carbocycles. The van der Waals surface area contributed by atoms with Crippen molar-refractivity contribution >= 4 is 23.4 Å². The summed E-state index contributed by atoms with van der Waals surface area (Å²) in [5, 5.41) is 0.774. The van der Waals surface area contributed by atoms with Crippen molar-refractivity contribution < 1.29 is 0 Å². The Bertz CT molecular complexity index is 540. The first kappa shape index (κ1) is 13.6. The van der Waals surface area contributed by atoms with E-state index in [1.807, 2.05) is 12.1 Å². The number of hydrogen-bond donors (Lipinski definition) is 2.